The van der Waals surface area contributed by atoms with Gasteiger partial charge >= 0.3 is 0 Å². The van der Waals surface area contributed by atoms with Crippen LogP contribution in [0.15, 0.2) is 72.8 Å². The third-order valence-corrected chi connectivity index (χ3v) is 5.70. The van der Waals surface area contributed by atoms with Gasteiger partial charge in [-0.25, -0.2) is 0 Å². The molecule has 1 heterocycles. The summed E-state index contributed by atoms with van der Waals surface area (Å²) in [5.74, 6) is 0.763. The maximum Gasteiger partial charge on any atom is 0.267 e. The predicted octanol–water partition coefficient (Wildman–Crippen LogP) is 5.84. The molecule has 0 aromatic heterocycles. The van der Waals surface area contributed by atoms with Gasteiger partial charge in [-0.15, -0.1) is 0 Å². The third-order valence-electron chi connectivity index (χ3n) is 5.14. The number of carbonyl (C=O) groups is 2. The summed E-state index contributed by atoms with van der Waals surface area (Å²) in [7, 11) is 0. The fraction of sp³-hybridized carbons (Fsp3) is 0.154. The molecule has 34 heavy (non-hydrogen) atoms. The SMILES string of the molecule is CC1Oc2cc(NC(=O)/C=C/c3ccc(Cl)cc3Cl)ccc2N(CCOc2ccccc2)C1=O. The summed E-state index contributed by atoms with van der Waals surface area (Å²) in [6.07, 6.45) is 2.34. The maximum atomic E-state index is 12.7. The highest BCUT2D eigenvalue weighted by Crippen LogP contribution is 2.36. The number of hydrogen-bond acceptors (Lipinski definition) is 4. The van der Waals surface area contributed by atoms with Gasteiger partial charge in [-0.05, 0) is 55.0 Å². The van der Waals surface area contributed by atoms with E-state index in [2.05, 4.69) is 5.32 Å². The molecule has 0 radical (unpaired) electrons. The second kappa shape index (κ2) is 10.6. The van der Waals surface area contributed by atoms with Crippen molar-refractivity contribution in [3.05, 3.63) is 88.4 Å². The normalized spacial score (nSPS) is 15.1. The summed E-state index contributed by atoms with van der Waals surface area (Å²) in [5.41, 5.74) is 1.84. The van der Waals surface area contributed by atoms with Crippen molar-refractivity contribution in [1.29, 1.82) is 0 Å². The van der Waals surface area contributed by atoms with Crippen LogP contribution < -0.4 is 19.7 Å². The predicted molar refractivity (Wildman–Crippen MR) is 135 cm³/mol. The van der Waals surface area contributed by atoms with Gasteiger partial charge in [0.1, 0.15) is 18.1 Å². The molecule has 0 spiro atoms. The number of fused-ring (bicyclic) bond motifs is 1. The molecule has 3 aromatic carbocycles. The number of benzene rings is 3. The lowest BCUT2D eigenvalue weighted by atomic mass is 10.1. The molecule has 1 atom stereocenters. The van der Waals surface area contributed by atoms with E-state index < -0.39 is 6.10 Å². The topological polar surface area (TPSA) is 67.9 Å². The molecule has 1 N–H and O–H groups in total. The van der Waals surface area contributed by atoms with Gasteiger partial charge in [-0.1, -0.05) is 47.5 Å². The van der Waals surface area contributed by atoms with E-state index in [9.17, 15) is 9.59 Å². The van der Waals surface area contributed by atoms with Crippen molar-refractivity contribution in [2.75, 3.05) is 23.4 Å². The summed E-state index contributed by atoms with van der Waals surface area (Å²) >= 11 is 12.0. The minimum absolute atomic E-state index is 0.149. The summed E-state index contributed by atoms with van der Waals surface area (Å²) in [4.78, 5) is 26.7. The number of carbonyl (C=O) groups excluding carboxylic acids is 2. The molecular weight excluding hydrogens is 475 g/mol. The van der Waals surface area contributed by atoms with Crippen LogP contribution in [0.25, 0.3) is 6.08 Å². The van der Waals surface area contributed by atoms with Crippen LogP contribution in [-0.2, 0) is 9.59 Å². The molecule has 2 amide bonds. The Hall–Kier alpha value is -3.48. The first kappa shape index (κ1) is 23.7. The molecule has 174 valence electrons. The number of rotatable bonds is 7. The Morgan fingerprint density at radius 2 is 1.91 bits per heavy atom. The number of halogens is 2. The summed E-state index contributed by atoms with van der Waals surface area (Å²) in [6.45, 7) is 2.39. The molecule has 1 unspecified atom stereocenters. The number of amides is 2. The molecule has 1 aliphatic rings. The first-order valence-corrected chi connectivity index (χ1v) is 11.4. The minimum Gasteiger partial charge on any atom is -0.492 e. The molecule has 4 rings (SSSR count). The monoisotopic (exact) mass is 496 g/mol. The van der Waals surface area contributed by atoms with Gasteiger partial charge in [0.05, 0.1) is 12.2 Å². The highest BCUT2D eigenvalue weighted by molar-refractivity contribution is 6.35. The molecule has 0 fully saturated rings. The van der Waals surface area contributed by atoms with Gasteiger partial charge in [-0.2, -0.15) is 0 Å². The van der Waals surface area contributed by atoms with Crippen molar-refractivity contribution in [3.63, 3.8) is 0 Å². The average Bonchev–Trinajstić information content (AvgIpc) is 2.81. The van der Waals surface area contributed by atoms with Crippen LogP contribution in [0.2, 0.25) is 10.0 Å². The molecule has 0 saturated heterocycles. The van der Waals surface area contributed by atoms with E-state index >= 15 is 0 Å². The molecule has 0 aliphatic carbocycles. The number of ether oxygens (including phenoxy) is 2. The zero-order valence-electron chi connectivity index (χ0n) is 18.3. The number of anilines is 2. The van der Waals surface area contributed by atoms with E-state index in [-0.39, 0.29) is 11.8 Å². The Labute approximate surface area is 207 Å². The van der Waals surface area contributed by atoms with E-state index in [1.165, 1.54) is 6.08 Å². The van der Waals surface area contributed by atoms with Crippen molar-refractivity contribution >= 4 is 52.5 Å². The van der Waals surface area contributed by atoms with Gasteiger partial charge in [-0.3, -0.25) is 9.59 Å². The van der Waals surface area contributed by atoms with Gasteiger partial charge < -0.3 is 19.7 Å². The van der Waals surface area contributed by atoms with Crippen molar-refractivity contribution < 1.29 is 19.1 Å². The van der Waals surface area contributed by atoms with E-state index in [4.69, 9.17) is 32.7 Å². The first-order chi connectivity index (χ1) is 16.4. The zero-order chi connectivity index (χ0) is 24.1. The van der Waals surface area contributed by atoms with Gasteiger partial charge in [0.2, 0.25) is 5.91 Å². The fourth-order valence-corrected chi connectivity index (χ4v) is 3.95. The van der Waals surface area contributed by atoms with Crippen LogP contribution in [0.1, 0.15) is 12.5 Å². The number of para-hydroxylation sites is 1. The second-order valence-electron chi connectivity index (χ2n) is 7.58. The van der Waals surface area contributed by atoms with Crippen LogP contribution in [0.4, 0.5) is 11.4 Å². The van der Waals surface area contributed by atoms with Crippen molar-refractivity contribution in [2.45, 2.75) is 13.0 Å². The first-order valence-electron chi connectivity index (χ1n) is 10.6. The lowest BCUT2D eigenvalue weighted by molar-refractivity contribution is -0.125. The van der Waals surface area contributed by atoms with Crippen LogP contribution >= 0.6 is 23.2 Å². The number of nitrogens with zero attached hydrogens (tertiary/aromatic N) is 1. The van der Waals surface area contributed by atoms with Crippen molar-refractivity contribution in [1.82, 2.24) is 0 Å². The largest absolute Gasteiger partial charge is 0.492 e. The van der Waals surface area contributed by atoms with Crippen LogP contribution in [0.3, 0.4) is 0 Å². The van der Waals surface area contributed by atoms with Crippen molar-refractivity contribution in [2.24, 2.45) is 0 Å². The van der Waals surface area contributed by atoms with Gasteiger partial charge in [0.15, 0.2) is 6.10 Å². The van der Waals surface area contributed by atoms with Crippen LogP contribution in [0.5, 0.6) is 11.5 Å². The Bertz CT molecular complexity index is 1230. The van der Waals surface area contributed by atoms with Gasteiger partial charge in [0, 0.05) is 27.9 Å². The summed E-state index contributed by atoms with van der Waals surface area (Å²) in [5, 5.41) is 3.77. The van der Waals surface area contributed by atoms with E-state index in [1.807, 2.05) is 30.3 Å². The smallest absolute Gasteiger partial charge is 0.267 e. The minimum atomic E-state index is -0.651. The molecule has 6 nitrogen and oxygen atoms in total. The molecule has 0 bridgehead atoms. The Morgan fingerprint density at radius 1 is 1.12 bits per heavy atom. The standard InChI is InChI=1S/C26H22Cl2N2O4/c1-17-26(32)30(13-14-33-21-5-3-2-4-6-21)23-11-10-20(16-24(23)34-17)29-25(31)12-8-18-7-9-19(27)15-22(18)28/h2-12,15-17H,13-14H2,1H3,(H,29,31)/b12-8+. The molecule has 3 aromatic rings. The second-order valence-corrected chi connectivity index (χ2v) is 8.43. The van der Waals surface area contributed by atoms with Crippen molar-refractivity contribution in [3.8, 4) is 11.5 Å². The van der Waals surface area contributed by atoms with Crippen LogP contribution in [0, 0.1) is 0 Å². The highest BCUT2D eigenvalue weighted by atomic mass is 35.5. The third kappa shape index (κ3) is 5.71. The fourth-order valence-electron chi connectivity index (χ4n) is 3.48. The lowest BCUT2D eigenvalue weighted by Gasteiger charge is -2.33. The molecule has 0 saturated carbocycles. The molecular formula is C26H22Cl2N2O4. The maximum absolute atomic E-state index is 12.7. The van der Waals surface area contributed by atoms with Gasteiger partial charge in [0.25, 0.3) is 5.91 Å². The Kier molecular flexibility index (Phi) is 7.40. The summed E-state index contributed by atoms with van der Waals surface area (Å²) in [6, 6.07) is 19.6. The molecule has 1 aliphatic heterocycles. The zero-order valence-corrected chi connectivity index (χ0v) is 19.8. The Morgan fingerprint density at radius 3 is 2.68 bits per heavy atom. The number of hydrogen-bond donors (Lipinski definition) is 1. The van der Waals surface area contributed by atoms with E-state index in [1.54, 1.807) is 54.3 Å². The highest BCUT2D eigenvalue weighted by Gasteiger charge is 2.31. The quantitative estimate of drug-likeness (QED) is 0.417. The summed E-state index contributed by atoms with van der Waals surface area (Å²) < 4.78 is 11.5. The van der Waals surface area contributed by atoms with E-state index in [0.29, 0.717) is 45.9 Å². The molecule has 8 heteroatoms. The van der Waals surface area contributed by atoms with E-state index in [0.717, 1.165) is 5.75 Å². The number of nitrogens with one attached hydrogen (secondary N) is 1. The Balaban J connectivity index is 1.43. The van der Waals surface area contributed by atoms with Crippen LogP contribution in [-0.4, -0.2) is 31.1 Å². The lowest BCUT2D eigenvalue weighted by Crippen LogP contribution is -2.46. The average molecular weight is 497 g/mol.